The van der Waals surface area contributed by atoms with Crippen molar-refractivity contribution < 1.29 is 19.8 Å². The van der Waals surface area contributed by atoms with Crippen LogP contribution in [-0.4, -0.2) is 23.0 Å². The Morgan fingerprint density at radius 1 is 1.33 bits per heavy atom. The Kier molecular flexibility index (Phi) is 10.0. The number of aliphatic hydroxyl groups is 1. The van der Waals surface area contributed by atoms with Gasteiger partial charge in [-0.25, -0.2) is 0 Å². The molecule has 0 amide bonds. The zero-order valence-electron chi connectivity index (χ0n) is 14.5. The molecule has 0 aromatic heterocycles. The lowest BCUT2D eigenvalue weighted by molar-refractivity contribution is -0.305. The average Bonchev–Trinajstić information content (AvgIpc) is 2.89. The largest absolute Gasteiger partial charge is 0.550 e. The molecular weight excluding hydrogens is 304 g/mol. The van der Waals surface area contributed by atoms with E-state index in [-0.39, 0.29) is 24.0 Å². The van der Waals surface area contributed by atoms with E-state index in [4.69, 9.17) is 0 Å². The number of aliphatic hydroxyl groups excluding tert-OH is 1. The molecule has 1 aliphatic carbocycles. The van der Waals surface area contributed by atoms with Gasteiger partial charge in [-0.1, -0.05) is 56.6 Å². The van der Waals surface area contributed by atoms with E-state index in [2.05, 4.69) is 6.92 Å². The molecule has 1 N–H and O–H groups in total. The summed E-state index contributed by atoms with van der Waals surface area (Å²) in [6.45, 7) is 2.13. The fourth-order valence-electron chi connectivity index (χ4n) is 2.81. The minimum absolute atomic E-state index is 0.0768. The molecule has 0 spiro atoms. The molecule has 1 unspecified atom stereocenters. The summed E-state index contributed by atoms with van der Waals surface area (Å²) in [5, 5.41) is 20.3. The summed E-state index contributed by atoms with van der Waals surface area (Å²) in [6, 6.07) is 0. The molecule has 3 atom stereocenters. The van der Waals surface area contributed by atoms with E-state index in [1.807, 2.05) is 24.3 Å². The van der Waals surface area contributed by atoms with Crippen molar-refractivity contribution in [2.24, 2.45) is 11.8 Å². The van der Waals surface area contributed by atoms with Crippen LogP contribution >= 0.6 is 0 Å². The fourth-order valence-corrected chi connectivity index (χ4v) is 2.81. The van der Waals surface area contributed by atoms with E-state index in [0.29, 0.717) is 12.8 Å². The van der Waals surface area contributed by atoms with Crippen molar-refractivity contribution in [3.8, 4) is 0 Å². The first-order chi connectivity index (χ1) is 11.5. The number of aliphatic carboxylic acids is 1. The number of carboxylic acids is 1. The molecule has 0 aromatic carbocycles. The van der Waals surface area contributed by atoms with Gasteiger partial charge in [0.25, 0.3) is 0 Å². The SMILES string of the molecule is CCCCC[C@H](O)/C=C/C1C(=O)C=C[C@@H]1C/C=C\CCCC(=O)[O-]. The number of allylic oxidation sites excluding steroid dienone is 5. The number of carbonyl (C=O) groups excluding carboxylic acids is 2. The lowest BCUT2D eigenvalue weighted by Gasteiger charge is -2.13. The van der Waals surface area contributed by atoms with Crippen LogP contribution in [0.25, 0.3) is 0 Å². The number of hydrogen-bond acceptors (Lipinski definition) is 4. The van der Waals surface area contributed by atoms with Crippen molar-refractivity contribution >= 4 is 11.8 Å². The molecule has 4 heteroatoms. The Morgan fingerprint density at radius 3 is 2.83 bits per heavy atom. The Labute approximate surface area is 145 Å². The molecule has 0 radical (unpaired) electrons. The molecule has 4 nitrogen and oxygen atoms in total. The van der Waals surface area contributed by atoms with E-state index in [1.165, 1.54) is 0 Å². The lowest BCUT2D eigenvalue weighted by atomic mass is 9.90. The molecule has 0 saturated heterocycles. The van der Waals surface area contributed by atoms with Crippen LogP contribution in [0.3, 0.4) is 0 Å². The summed E-state index contributed by atoms with van der Waals surface area (Å²) < 4.78 is 0. The highest BCUT2D eigenvalue weighted by atomic mass is 16.4. The Bertz CT molecular complexity index is 476. The van der Waals surface area contributed by atoms with Gasteiger partial charge in [0.1, 0.15) is 0 Å². The predicted molar refractivity (Wildman–Crippen MR) is 93.0 cm³/mol. The van der Waals surface area contributed by atoms with Crippen molar-refractivity contribution in [1.29, 1.82) is 0 Å². The number of rotatable bonds is 12. The van der Waals surface area contributed by atoms with Gasteiger partial charge >= 0.3 is 0 Å². The normalized spacial score (nSPS) is 22.0. The van der Waals surface area contributed by atoms with Gasteiger partial charge in [-0.2, -0.15) is 0 Å². The molecule has 0 heterocycles. The summed E-state index contributed by atoms with van der Waals surface area (Å²) in [5.74, 6) is -1.01. The van der Waals surface area contributed by atoms with Crippen LogP contribution in [0, 0.1) is 11.8 Å². The second-order valence-electron chi connectivity index (χ2n) is 6.37. The van der Waals surface area contributed by atoms with Gasteiger partial charge in [-0.3, -0.25) is 4.79 Å². The molecular formula is C20H29O4-. The maximum atomic E-state index is 12.0. The maximum absolute atomic E-state index is 12.0. The maximum Gasteiger partial charge on any atom is 0.162 e. The highest BCUT2D eigenvalue weighted by molar-refractivity contribution is 5.95. The second kappa shape index (κ2) is 11.8. The number of carbonyl (C=O) groups is 2. The highest BCUT2D eigenvalue weighted by Crippen LogP contribution is 2.27. The summed E-state index contributed by atoms with van der Waals surface area (Å²) in [6.07, 6.45) is 16.7. The Balaban J connectivity index is 2.38. The van der Waals surface area contributed by atoms with Crippen LogP contribution in [0.1, 0.15) is 58.3 Å². The average molecular weight is 333 g/mol. The standard InChI is InChI=1S/C20H30O4/c1-2-3-6-10-17(21)13-14-18-16(12-15-19(18)22)9-7-4-5-8-11-20(23)24/h4,7,12-18,21H,2-3,5-6,8-11H2,1H3,(H,23,24)/p-1/b7-4-,14-13+/t16-,17-,18?/m0/s1. The first-order valence-electron chi connectivity index (χ1n) is 8.97. The first kappa shape index (κ1) is 20.4. The summed E-state index contributed by atoms with van der Waals surface area (Å²) in [5.41, 5.74) is 0. The predicted octanol–water partition coefficient (Wildman–Crippen LogP) is 2.72. The number of hydrogen-bond donors (Lipinski definition) is 1. The monoisotopic (exact) mass is 333 g/mol. The Hall–Kier alpha value is -1.68. The van der Waals surface area contributed by atoms with Crippen LogP contribution in [0.4, 0.5) is 0 Å². The highest BCUT2D eigenvalue weighted by Gasteiger charge is 2.26. The van der Waals surface area contributed by atoms with Crippen molar-refractivity contribution in [1.82, 2.24) is 0 Å². The van der Waals surface area contributed by atoms with Crippen LogP contribution in [0.15, 0.2) is 36.5 Å². The van der Waals surface area contributed by atoms with E-state index < -0.39 is 12.1 Å². The van der Waals surface area contributed by atoms with Crippen LogP contribution < -0.4 is 5.11 Å². The van der Waals surface area contributed by atoms with Crippen molar-refractivity contribution in [3.05, 3.63) is 36.5 Å². The zero-order chi connectivity index (χ0) is 17.8. The third kappa shape index (κ3) is 8.25. The number of carboxylic acid groups (broad SMARTS) is 1. The zero-order valence-corrected chi connectivity index (χ0v) is 14.5. The second-order valence-corrected chi connectivity index (χ2v) is 6.37. The molecule has 0 aliphatic heterocycles. The van der Waals surface area contributed by atoms with Gasteiger partial charge in [0, 0.05) is 11.9 Å². The molecule has 0 fully saturated rings. The minimum atomic E-state index is -1.02. The third-order valence-electron chi connectivity index (χ3n) is 4.27. The van der Waals surface area contributed by atoms with Gasteiger partial charge in [-0.05, 0) is 44.1 Å². The van der Waals surface area contributed by atoms with Crippen molar-refractivity contribution in [2.45, 2.75) is 64.4 Å². The first-order valence-corrected chi connectivity index (χ1v) is 8.97. The molecule has 134 valence electrons. The molecule has 24 heavy (non-hydrogen) atoms. The van der Waals surface area contributed by atoms with Gasteiger partial charge in [0.05, 0.1) is 6.10 Å². The van der Waals surface area contributed by atoms with Gasteiger partial charge in [0.2, 0.25) is 0 Å². The van der Waals surface area contributed by atoms with Crippen LogP contribution in [-0.2, 0) is 9.59 Å². The van der Waals surface area contributed by atoms with Crippen molar-refractivity contribution in [3.63, 3.8) is 0 Å². The van der Waals surface area contributed by atoms with E-state index in [0.717, 1.165) is 32.1 Å². The van der Waals surface area contributed by atoms with Crippen molar-refractivity contribution in [2.75, 3.05) is 0 Å². The molecule has 0 aromatic rings. The summed E-state index contributed by atoms with van der Waals surface area (Å²) >= 11 is 0. The number of unbranched alkanes of at least 4 members (excludes halogenated alkanes) is 3. The van der Waals surface area contributed by atoms with E-state index in [9.17, 15) is 19.8 Å². The lowest BCUT2D eigenvalue weighted by Crippen LogP contribution is -2.21. The summed E-state index contributed by atoms with van der Waals surface area (Å²) in [7, 11) is 0. The molecule has 0 saturated carbocycles. The number of ketones is 1. The summed E-state index contributed by atoms with van der Waals surface area (Å²) in [4.78, 5) is 22.3. The molecule has 0 bridgehead atoms. The molecule has 1 aliphatic rings. The van der Waals surface area contributed by atoms with Gasteiger partial charge < -0.3 is 15.0 Å². The van der Waals surface area contributed by atoms with Crippen LogP contribution in [0.2, 0.25) is 0 Å². The van der Waals surface area contributed by atoms with Gasteiger partial charge in [0.15, 0.2) is 5.78 Å². The topological polar surface area (TPSA) is 77.4 Å². The quantitative estimate of drug-likeness (QED) is 0.440. The Morgan fingerprint density at radius 2 is 2.12 bits per heavy atom. The molecule has 1 rings (SSSR count). The van der Waals surface area contributed by atoms with E-state index >= 15 is 0 Å². The minimum Gasteiger partial charge on any atom is -0.550 e. The van der Waals surface area contributed by atoms with E-state index in [1.54, 1.807) is 12.2 Å². The van der Waals surface area contributed by atoms with Crippen LogP contribution in [0.5, 0.6) is 0 Å². The third-order valence-corrected chi connectivity index (χ3v) is 4.27. The fraction of sp³-hybridized carbons (Fsp3) is 0.600. The smallest absolute Gasteiger partial charge is 0.162 e. The van der Waals surface area contributed by atoms with Gasteiger partial charge in [-0.15, -0.1) is 0 Å².